The zero-order valence-electron chi connectivity index (χ0n) is 36.0. The first-order chi connectivity index (χ1) is 22.3. The summed E-state index contributed by atoms with van der Waals surface area (Å²) < 4.78 is 0. The van der Waals surface area contributed by atoms with Gasteiger partial charge in [0.15, 0.2) is 0 Å². The molecule has 0 N–H and O–H groups in total. The maximum atomic E-state index is 2.66. The van der Waals surface area contributed by atoms with Crippen LogP contribution in [0, 0.1) is 98.7 Å². The summed E-state index contributed by atoms with van der Waals surface area (Å²) in [6, 6.07) is 24.9. The van der Waals surface area contributed by atoms with Crippen molar-refractivity contribution in [3.63, 3.8) is 0 Å². The Bertz CT molecular complexity index is 1310. The van der Waals surface area contributed by atoms with Crippen molar-refractivity contribution in [1.82, 2.24) is 0 Å². The fourth-order valence-electron chi connectivity index (χ4n) is 14.8. The molecule has 8 rings (SSSR count). The van der Waals surface area contributed by atoms with Gasteiger partial charge in [-0.2, -0.15) is 0 Å². The average molecular weight is 888 g/mol. The van der Waals surface area contributed by atoms with Crippen molar-refractivity contribution in [2.24, 2.45) is 69.0 Å². The van der Waals surface area contributed by atoms with Crippen molar-refractivity contribution >= 4 is 18.4 Å². The van der Waals surface area contributed by atoms with Gasteiger partial charge in [-0.05, 0) is 131 Å². The molecule has 10 unspecified atom stereocenters. The molecule has 6 aliphatic carbocycles. The van der Waals surface area contributed by atoms with Crippen LogP contribution in [0.25, 0.3) is 0 Å². The van der Waals surface area contributed by atoms with Crippen LogP contribution >= 0.6 is 0 Å². The zero-order valence-corrected chi connectivity index (χ0v) is 40.6. The molecule has 10 atom stereocenters. The fourth-order valence-corrected chi connectivity index (χ4v) is 22.3. The second kappa shape index (κ2) is 16.2. The van der Waals surface area contributed by atoms with Gasteiger partial charge in [-0.25, -0.2) is 0 Å². The van der Waals surface area contributed by atoms with E-state index in [9.17, 15) is 0 Å². The topological polar surface area (TPSA) is 0 Å². The third-order valence-electron chi connectivity index (χ3n) is 17.6. The van der Waals surface area contributed by atoms with Gasteiger partial charge in [0.05, 0.1) is 0 Å². The van der Waals surface area contributed by atoms with E-state index in [0.717, 1.165) is 58.4 Å². The van der Waals surface area contributed by atoms with Crippen LogP contribution in [-0.2, 0) is 25.8 Å². The number of hydrogen-bond acceptors (Lipinski definition) is 0. The van der Waals surface area contributed by atoms with Crippen molar-refractivity contribution in [2.75, 3.05) is 0 Å². The number of benzene rings is 2. The van der Waals surface area contributed by atoms with Crippen molar-refractivity contribution in [2.45, 2.75) is 144 Å². The van der Waals surface area contributed by atoms with E-state index in [1.807, 2.05) is 0 Å². The fraction of sp³-hybridized carbons (Fsp3) is 0.680. The normalized spacial score (nSPS) is 37.3. The van der Waals surface area contributed by atoms with Gasteiger partial charge in [-0.15, -0.1) is 0 Å². The molecule has 6 aliphatic rings. The van der Waals surface area contributed by atoms with Crippen LogP contribution in [0.2, 0.25) is 11.1 Å². The van der Waals surface area contributed by atoms with E-state index in [-0.39, 0.29) is 55.5 Å². The van der Waals surface area contributed by atoms with Crippen molar-refractivity contribution in [3.05, 3.63) is 90.4 Å². The Hall–Kier alpha value is -0.473. The first kappa shape index (κ1) is 45.9. The quantitative estimate of drug-likeness (QED) is 0.212. The SMILES string of the molecule is CC1(C)CCC(C)(C)C2CC3C(CCC3[Si](c3ccccc3)(c3ccccc3)C3CCC4CC5C(CC43)C(C)(C)CCC5(C)C)CC21.[CH3-].[CH3-].[CH3-].[CH3-].[Hf+4]. The first-order valence-corrected chi connectivity index (χ1v) is 22.5. The molecule has 0 aliphatic heterocycles. The first-order valence-electron chi connectivity index (χ1n) is 20.4. The Morgan fingerprint density at radius 1 is 0.423 bits per heavy atom. The molecule has 0 heterocycles. The molecule has 0 radical (unpaired) electrons. The second-order valence-electron chi connectivity index (χ2n) is 21.1. The van der Waals surface area contributed by atoms with Gasteiger partial charge in [0.25, 0.3) is 0 Å². The van der Waals surface area contributed by atoms with E-state index in [0.29, 0.717) is 21.7 Å². The van der Waals surface area contributed by atoms with E-state index in [1.54, 1.807) is 10.4 Å². The van der Waals surface area contributed by atoms with Gasteiger partial charge in [-0.3, -0.25) is 0 Å². The minimum absolute atomic E-state index is 0. The standard InChI is InChI=1S/C46H68Si.4CH3.Hf/c1-43(2)23-25-45(5,6)39-29-35-31(27-37(39)43)19-21-41(35)47(33-15-11-9-12-16-33,34-17-13-10-14-18-34)42-22-20-32-28-38-40(30-36(32)42)46(7,8)26-24-44(38,3)4;;;;;/h9-18,31-32,35-42H,19-30H2,1-8H3;4*1H3;/q;4*-1;+4. The van der Waals surface area contributed by atoms with Crippen molar-refractivity contribution in [1.29, 1.82) is 0 Å². The van der Waals surface area contributed by atoms with E-state index >= 15 is 0 Å². The minimum atomic E-state index is -2.18. The Kier molecular flexibility index (Phi) is 14.3. The monoisotopic (exact) mass is 889 g/mol. The Morgan fingerprint density at radius 2 is 0.712 bits per heavy atom. The molecular weight excluding hydrogens is 807 g/mol. The molecule has 0 aromatic heterocycles. The molecule has 0 spiro atoms. The molecular formula is C50H80HfSi. The zero-order chi connectivity index (χ0) is 33.0. The third-order valence-corrected chi connectivity index (χ3v) is 23.9. The summed E-state index contributed by atoms with van der Waals surface area (Å²) in [7, 11) is -2.18. The van der Waals surface area contributed by atoms with Gasteiger partial charge < -0.3 is 29.7 Å². The molecule has 288 valence electrons. The average Bonchev–Trinajstić information content (AvgIpc) is 3.67. The summed E-state index contributed by atoms with van der Waals surface area (Å²) in [5.41, 5.74) is 3.76. The minimum Gasteiger partial charge on any atom is -0.358 e. The van der Waals surface area contributed by atoms with Gasteiger partial charge in [0, 0.05) is 0 Å². The van der Waals surface area contributed by atoms with Crippen LogP contribution in [0.15, 0.2) is 60.7 Å². The van der Waals surface area contributed by atoms with Gasteiger partial charge >= 0.3 is 25.8 Å². The number of fused-ring (bicyclic) bond motifs is 4. The molecule has 0 amide bonds. The van der Waals surface area contributed by atoms with Crippen LogP contribution in [0.1, 0.15) is 132 Å². The molecule has 2 aromatic carbocycles. The summed E-state index contributed by atoms with van der Waals surface area (Å²) >= 11 is 0. The number of hydrogen-bond donors (Lipinski definition) is 0. The maximum Gasteiger partial charge on any atom is 4.00 e. The van der Waals surface area contributed by atoms with Crippen LogP contribution in [0.4, 0.5) is 0 Å². The summed E-state index contributed by atoms with van der Waals surface area (Å²) in [6.07, 6.45) is 17.7. The van der Waals surface area contributed by atoms with Gasteiger partial charge in [-0.1, -0.05) is 152 Å². The van der Waals surface area contributed by atoms with E-state index in [1.165, 1.54) is 77.0 Å². The molecule has 6 saturated carbocycles. The van der Waals surface area contributed by atoms with Crippen LogP contribution in [0.5, 0.6) is 0 Å². The maximum absolute atomic E-state index is 2.66. The van der Waals surface area contributed by atoms with Gasteiger partial charge in [0.2, 0.25) is 0 Å². The van der Waals surface area contributed by atoms with E-state index in [2.05, 4.69) is 116 Å². The summed E-state index contributed by atoms with van der Waals surface area (Å²) in [6.45, 7) is 21.2. The Labute approximate surface area is 345 Å². The molecule has 0 saturated heterocycles. The molecule has 2 aromatic rings. The Balaban J connectivity index is 0.00000146. The number of rotatable bonds is 4. The van der Waals surface area contributed by atoms with E-state index < -0.39 is 8.07 Å². The van der Waals surface area contributed by atoms with Crippen molar-refractivity contribution < 1.29 is 25.8 Å². The molecule has 0 bridgehead atoms. The summed E-state index contributed by atoms with van der Waals surface area (Å²) in [4.78, 5) is 0. The summed E-state index contributed by atoms with van der Waals surface area (Å²) in [5.74, 6) is 7.33. The molecule has 52 heavy (non-hydrogen) atoms. The second-order valence-corrected chi connectivity index (χ2v) is 25.5. The van der Waals surface area contributed by atoms with Crippen LogP contribution in [0.3, 0.4) is 0 Å². The van der Waals surface area contributed by atoms with E-state index in [4.69, 9.17) is 0 Å². The predicted octanol–water partition coefficient (Wildman–Crippen LogP) is 13.6. The summed E-state index contributed by atoms with van der Waals surface area (Å²) in [5, 5.41) is 3.61. The molecule has 2 heteroatoms. The Morgan fingerprint density at radius 3 is 1.02 bits per heavy atom. The smallest absolute Gasteiger partial charge is 0.358 e. The van der Waals surface area contributed by atoms with Crippen LogP contribution < -0.4 is 10.4 Å². The predicted molar refractivity (Wildman–Crippen MR) is 230 cm³/mol. The third kappa shape index (κ3) is 7.17. The largest absolute Gasteiger partial charge is 4.00 e. The van der Waals surface area contributed by atoms with Crippen LogP contribution in [-0.4, -0.2) is 8.07 Å². The molecule has 0 nitrogen and oxygen atoms in total. The van der Waals surface area contributed by atoms with Crippen molar-refractivity contribution in [3.8, 4) is 0 Å². The molecule has 6 fully saturated rings. The van der Waals surface area contributed by atoms with Gasteiger partial charge in [0.1, 0.15) is 8.07 Å².